The zero-order chi connectivity index (χ0) is 30.8. The van der Waals surface area contributed by atoms with Gasteiger partial charge >= 0.3 is 5.97 Å². The summed E-state index contributed by atoms with van der Waals surface area (Å²) in [6.45, 7) is 5.05. The van der Waals surface area contributed by atoms with Gasteiger partial charge in [-0.1, -0.05) is 37.1 Å². The van der Waals surface area contributed by atoms with E-state index in [-0.39, 0.29) is 11.5 Å². The fraction of sp³-hybridized carbons (Fsp3) is 0.424. The number of hydrogen-bond acceptors (Lipinski definition) is 4. The van der Waals surface area contributed by atoms with Gasteiger partial charge in [0, 0.05) is 37.5 Å². The summed E-state index contributed by atoms with van der Waals surface area (Å²) in [6.07, 6.45) is 2.82. The number of carbonyl (C=O) groups is 2. The number of halogens is 3. The van der Waals surface area contributed by atoms with Crippen molar-refractivity contribution < 1.29 is 27.9 Å². The average Bonchev–Trinajstić information content (AvgIpc) is 3.75. The number of pyridine rings is 1. The van der Waals surface area contributed by atoms with Crippen LogP contribution in [0.1, 0.15) is 60.0 Å². The van der Waals surface area contributed by atoms with E-state index in [9.17, 15) is 23.9 Å². The molecular weight excluding hydrogens is 559 g/mol. The van der Waals surface area contributed by atoms with Gasteiger partial charge in [-0.05, 0) is 72.6 Å². The van der Waals surface area contributed by atoms with Crippen molar-refractivity contribution >= 4 is 11.9 Å². The Morgan fingerprint density at radius 2 is 1.77 bits per heavy atom. The third-order valence-electron chi connectivity index (χ3n) is 8.42. The number of amides is 1. The maximum absolute atomic E-state index is 15.3. The van der Waals surface area contributed by atoms with E-state index in [1.807, 2.05) is 36.9 Å². The van der Waals surface area contributed by atoms with Crippen molar-refractivity contribution in [3.63, 3.8) is 0 Å². The third kappa shape index (κ3) is 7.18. The molecule has 2 atom stereocenters. The smallest absolute Gasteiger partial charge is 0.305 e. The van der Waals surface area contributed by atoms with E-state index >= 15 is 8.78 Å². The first kappa shape index (κ1) is 30.5. The molecule has 1 aliphatic carbocycles. The SMILES string of the molecule is Cc1cccc(C)c1-c1cc(F)c(F)c([C@H](CC(=O)O)NC(=O)C(CC2CC2)n2cc(CCN3CC(F)C3)ccc2=O)c1. The Morgan fingerprint density at radius 3 is 2.40 bits per heavy atom. The van der Waals surface area contributed by atoms with Crippen LogP contribution in [0.2, 0.25) is 0 Å². The van der Waals surface area contributed by atoms with Crippen molar-refractivity contribution in [2.75, 3.05) is 19.6 Å². The van der Waals surface area contributed by atoms with E-state index in [1.54, 1.807) is 12.3 Å². The Morgan fingerprint density at radius 1 is 1.07 bits per heavy atom. The van der Waals surface area contributed by atoms with Gasteiger partial charge in [0.15, 0.2) is 11.6 Å². The summed E-state index contributed by atoms with van der Waals surface area (Å²) >= 11 is 0. The molecule has 10 heteroatoms. The second-order valence-electron chi connectivity index (χ2n) is 11.9. The molecule has 2 fully saturated rings. The van der Waals surface area contributed by atoms with Crippen LogP contribution in [0.4, 0.5) is 13.2 Å². The number of carboxylic acids is 1. The molecule has 0 spiro atoms. The Labute approximate surface area is 248 Å². The highest BCUT2D eigenvalue weighted by atomic mass is 19.2. The van der Waals surface area contributed by atoms with Gasteiger partial charge in [-0.2, -0.15) is 0 Å². The van der Waals surface area contributed by atoms with E-state index < -0.39 is 53.7 Å². The Bertz CT molecular complexity index is 1560. The summed E-state index contributed by atoms with van der Waals surface area (Å²) in [5, 5.41) is 12.3. The molecule has 2 heterocycles. The van der Waals surface area contributed by atoms with Crippen molar-refractivity contribution in [3.05, 3.63) is 92.9 Å². The number of carboxylic acid groups (broad SMARTS) is 1. The molecular formula is C33H36F3N3O4. The standard InChI is InChI=1S/C33H36F3N3O4/c1-19-4-3-5-20(2)31(19)23-13-25(32(36)26(35)14-23)27(15-30(41)42)37-33(43)28(12-21-6-7-21)39-16-22(8-9-29(39)40)10-11-38-17-24(34)18-38/h3-5,8-9,13-14,16,21,24,27-28H,6-7,10-12,15,17-18H2,1-2H3,(H,37,43)(H,41,42)/t27-,28?/m0/s1. The summed E-state index contributed by atoms with van der Waals surface area (Å²) in [5.41, 5.74) is 2.84. The molecule has 2 aliphatic rings. The lowest BCUT2D eigenvalue weighted by Crippen LogP contribution is -2.49. The molecule has 0 radical (unpaired) electrons. The van der Waals surface area contributed by atoms with Gasteiger partial charge in [-0.25, -0.2) is 13.2 Å². The molecule has 1 unspecified atom stereocenters. The normalized spacial score (nSPS) is 16.9. The van der Waals surface area contributed by atoms with Crippen LogP contribution in [0.3, 0.4) is 0 Å². The second kappa shape index (κ2) is 12.8. The maximum Gasteiger partial charge on any atom is 0.305 e. The molecule has 1 aliphatic heterocycles. The lowest BCUT2D eigenvalue weighted by molar-refractivity contribution is -0.138. The Balaban J connectivity index is 1.46. The first-order valence-electron chi connectivity index (χ1n) is 14.6. The molecule has 2 aromatic carbocycles. The van der Waals surface area contributed by atoms with Gasteiger partial charge in [-0.3, -0.25) is 19.3 Å². The minimum atomic E-state index is -1.38. The number of nitrogens with one attached hydrogen (secondary N) is 1. The fourth-order valence-electron chi connectivity index (χ4n) is 5.89. The number of aromatic nitrogens is 1. The van der Waals surface area contributed by atoms with Crippen LogP contribution in [-0.2, 0) is 16.0 Å². The second-order valence-corrected chi connectivity index (χ2v) is 11.9. The highest BCUT2D eigenvalue weighted by Gasteiger charge is 2.34. The van der Waals surface area contributed by atoms with Crippen LogP contribution in [0.5, 0.6) is 0 Å². The molecule has 2 N–H and O–H groups in total. The largest absolute Gasteiger partial charge is 0.481 e. The number of hydrogen-bond donors (Lipinski definition) is 2. The molecule has 43 heavy (non-hydrogen) atoms. The van der Waals surface area contributed by atoms with E-state index in [2.05, 4.69) is 5.32 Å². The predicted molar refractivity (Wildman–Crippen MR) is 157 cm³/mol. The summed E-state index contributed by atoms with van der Waals surface area (Å²) in [4.78, 5) is 40.6. The van der Waals surface area contributed by atoms with E-state index in [0.717, 1.165) is 35.6 Å². The number of rotatable bonds is 12. The van der Waals surface area contributed by atoms with Gasteiger partial charge in [0.2, 0.25) is 5.91 Å². The summed E-state index contributed by atoms with van der Waals surface area (Å²) in [7, 11) is 0. The molecule has 0 bridgehead atoms. The molecule has 1 aromatic heterocycles. The third-order valence-corrected chi connectivity index (χ3v) is 8.42. The average molecular weight is 596 g/mol. The molecule has 1 saturated heterocycles. The van der Waals surface area contributed by atoms with Crippen molar-refractivity contribution in [2.24, 2.45) is 5.92 Å². The number of alkyl halides is 1. The number of aliphatic carboxylic acids is 1. The molecule has 7 nitrogen and oxygen atoms in total. The van der Waals surface area contributed by atoms with E-state index in [1.165, 1.54) is 16.7 Å². The maximum atomic E-state index is 15.3. The molecule has 228 valence electrons. The van der Waals surface area contributed by atoms with Gasteiger partial charge < -0.3 is 15.0 Å². The number of carbonyl (C=O) groups excluding carboxylic acids is 1. The van der Waals surface area contributed by atoms with E-state index in [4.69, 9.17) is 0 Å². The molecule has 3 aromatic rings. The monoisotopic (exact) mass is 595 g/mol. The zero-order valence-electron chi connectivity index (χ0n) is 24.3. The Kier molecular flexibility index (Phi) is 9.05. The minimum Gasteiger partial charge on any atom is -0.481 e. The summed E-state index contributed by atoms with van der Waals surface area (Å²) < 4.78 is 44.9. The van der Waals surface area contributed by atoms with Crippen molar-refractivity contribution in [2.45, 2.75) is 64.2 Å². The van der Waals surface area contributed by atoms with Gasteiger partial charge in [0.05, 0.1) is 12.5 Å². The van der Waals surface area contributed by atoms with Crippen LogP contribution in [0, 0.1) is 31.4 Å². The number of likely N-dealkylation sites (tertiary alicyclic amines) is 1. The molecule has 5 rings (SSSR count). The molecule has 1 saturated carbocycles. The summed E-state index contributed by atoms with van der Waals surface area (Å²) in [6, 6.07) is 8.71. The van der Waals surface area contributed by atoms with Crippen molar-refractivity contribution in [1.29, 1.82) is 0 Å². The number of aryl methyl sites for hydroxylation is 2. The zero-order valence-corrected chi connectivity index (χ0v) is 24.3. The lowest BCUT2D eigenvalue weighted by Gasteiger charge is -2.34. The highest BCUT2D eigenvalue weighted by molar-refractivity contribution is 5.82. The van der Waals surface area contributed by atoms with Crippen LogP contribution in [0.15, 0.2) is 53.5 Å². The topological polar surface area (TPSA) is 91.6 Å². The lowest BCUT2D eigenvalue weighted by atomic mass is 9.92. The van der Waals surface area contributed by atoms with Crippen molar-refractivity contribution in [1.82, 2.24) is 14.8 Å². The van der Waals surface area contributed by atoms with Crippen molar-refractivity contribution in [3.8, 4) is 11.1 Å². The highest BCUT2D eigenvalue weighted by Crippen LogP contribution is 2.38. The number of nitrogens with zero attached hydrogens (tertiary/aromatic N) is 2. The van der Waals surface area contributed by atoms with Gasteiger partial charge in [0.25, 0.3) is 5.56 Å². The van der Waals surface area contributed by atoms with Crippen LogP contribution >= 0.6 is 0 Å². The first-order valence-corrected chi connectivity index (χ1v) is 14.6. The fourth-order valence-corrected chi connectivity index (χ4v) is 5.89. The quantitative estimate of drug-likeness (QED) is 0.297. The Hall–Kier alpha value is -3.92. The first-order chi connectivity index (χ1) is 20.5. The predicted octanol–water partition coefficient (Wildman–Crippen LogP) is 5.28. The van der Waals surface area contributed by atoms with E-state index in [0.29, 0.717) is 43.6 Å². The molecule has 1 amide bonds. The van der Waals surface area contributed by atoms with Crippen LogP contribution in [-0.4, -0.2) is 52.3 Å². The summed E-state index contributed by atoms with van der Waals surface area (Å²) in [5.74, 6) is -4.12. The van der Waals surface area contributed by atoms with Crippen LogP contribution in [0.25, 0.3) is 11.1 Å². The van der Waals surface area contributed by atoms with Gasteiger partial charge in [-0.15, -0.1) is 0 Å². The van der Waals surface area contributed by atoms with Crippen LogP contribution < -0.4 is 10.9 Å². The minimum absolute atomic E-state index is 0.216. The van der Waals surface area contributed by atoms with Gasteiger partial charge in [0.1, 0.15) is 12.2 Å². The number of benzene rings is 2.